The molecule has 1 radical (unpaired) electrons. The lowest BCUT2D eigenvalue weighted by Crippen LogP contribution is -2.43. The van der Waals surface area contributed by atoms with Crippen LogP contribution in [0.3, 0.4) is 0 Å². The van der Waals surface area contributed by atoms with E-state index in [2.05, 4.69) is 10.3 Å². The number of fused-ring (bicyclic) bond motifs is 1. The van der Waals surface area contributed by atoms with Crippen molar-refractivity contribution in [2.45, 2.75) is 0 Å². The molecule has 87 valence electrons. The number of hydrogen-bond acceptors (Lipinski definition) is 1. The van der Waals surface area contributed by atoms with Gasteiger partial charge in [0.25, 0.3) is 5.91 Å². The van der Waals surface area contributed by atoms with Gasteiger partial charge in [0.1, 0.15) is 0 Å². The van der Waals surface area contributed by atoms with Gasteiger partial charge in [0.15, 0.2) is 0 Å². The molecule has 0 aliphatic carbocycles. The Kier molecular flexibility index (Phi) is 2.57. The molecule has 0 unspecified atom stereocenters. The van der Waals surface area contributed by atoms with E-state index in [-0.39, 0.29) is 5.91 Å². The van der Waals surface area contributed by atoms with E-state index in [1.807, 2.05) is 35.4 Å². The Morgan fingerprint density at radius 3 is 2.88 bits per heavy atom. The number of nitrogens with zero attached hydrogens (tertiary/aromatic N) is 2. The van der Waals surface area contributed by atoms with E-state index in [9.17, 15) is 4.79 Å². The summed E-state index contributed by atoms with van der Waals surface area (Å²) < 4.78 is 0. The van der Waals surface area contributed by atoms with Crippen LogP contribution in [0.2, 0.25) is 0 Å². The molecule has 1 amide bonds. The summed E-state index contributed by atoms with van der Waals surface area (Å²) in [5.41, 5.74) is 1.76. The van der Waals surface area contributed by atoms with Crippen molar-refractivity contribution >= 4 is 16.8 Å². The third kappa shape index (κ3) is 1.91. The number of rotatable bonds is 1. The van der Waals surface area contributed by atoms with Crippen LogP contribution in [0.15, 0.2) is 30.5 Å². The summed E-state index contributed by atoms with van der Waals surface area (Å²) in [4.78, 5) is 17.2. The molecule has 1 aliphatic heterocycles. The van der Waals surface area contributed by atoms with Crippen LogP contribution in [0.5, 0.6) is 0 Å². The fraction of sp³-hybridized carbons (Fsp3) is 0.308. The van der Waals surface area contributed by atoms with Gasteiger partial charge in [-0.05, 0) is 23.6 Å². The first kappa shape index (κ1) is 10.4. The molecule has 17 heavy (non-hydrogen) atoms. The van der Waals surface area contributed by atoms with Gasteiger partial charge in [0.2, 0.25) is 0 Å². The number of aromatic nitrogens is 1. The molecule has 0 spiro atoms. The van der Waals surface area contributed by atoms with Crippen molar-refractivity contribution in [2.24, 2.45) is 0 Å². The lowest BCUT2D eigenvalue weighted by atomic mass is 10.1. The average molecular weight is 228 g/mol. The molecule has 1 aromatic carbocycles. The second-order valence-corrected chi connectivity index (χ2v) is 4.24. The third-order valence-corrected chi connectivity index (χ3v) is 3.15. The molecule has 4 heteroatoms. The number of piperazine rings is 1. The summed E-state index contributed by atoms with van der Waals surface area (Å²) in [5.74, 6) is 0.108. The van der Waals surface area contributed by atoms with Crippen molar-refractivity contribution in [3.63, 3.8) is 0 Å². The lowest BCUT2D eigenvalue weighted by Gasteiger charge is -2.26. The van der Waals surface area contributed by atoms with E-state index in [1.54, 1.807) is 0 Å². The van der Waals surface area contributed by atoms with Gasteiger partial charge in [0, 0.05) is 43.5 Å². The quantitative estimate of drug-likeness (QED) is 0.784. The Labute approximate surface area is 99.6 Å². The van der Waals surface area contributed by atoms with Crippen molar-refractivity contribution in [2.75, 3.05) is 26.2 Å². The van der Waals surface area contributed by atoms with Crippen molar-refractivity contribution in [1.82, 2.24) is 15.2 Å². The van der Waals surface area contributed by atoms with E-state index in [1.165, 1.54) is 0 Å². The van der Waals surface area contributed by atoms with Gasteiger partial charge in [-0.3, -0.25) is 4.79 Å². The van der Waals surface area contributed by atoms with Crippen LogP contribution in [0.25, 0.3) is 10.9 Å². The summed E-state index contributed by atoms with van der Waals surface area (Å²) in [6, 6.07) is 7.80. The monoisotopic (exact) mass is 228 g/mol. The number of nitrogens with one attached hydrogen (secondary N) is 1. The Morgan fingerprint density at radius 2 is 2.06 bits per heavy atom. The maximum absolute atomic E-state index is 12.2. The summed E-state index contributed by atoms with van der Waals surface area (Å²) in [6.07, 6.45) is 1.89. The molecule has 1 saturated heterocycles. The SMILES string of the molecule is O=C(c1ccc2cc[nH]c2c1)N1CC[N]CC1. The zero-order valence-electron chi connectivity index (χ0n) is 9.52. The maximum Gasteiger partial charge on any atom is 0.254 e. The molecule has 0 bridgehead atoms. The minimum atomic E-state index is 0.108. The van der Waals surface area contributed by atoms with Crippen molar-refractivity contribution in [3.05, 3.63) is 36.0 Å². The normalized spacial score (nSPS) is 16.4. The minimum absolute atomic E-state index is 0.108. The number of hydrogen-bond donors (Lipinski definition) is 1. The highest BCUT2D eigenvalue weighted by molar-refractivity contribution is 5.98. The molecule has 1 aromatic heterocycles. The number of H-pyrrole nitrogens is 1. The fourth-order valence-corrected chi connectivity index (χ4v) is 2.17. The smallest absolute Gasteiger partial charge is 0.254 e. The van der Waals surface area contributed by atoms with Gasteiger partial charge in [0.05, 0.1) is 0 Å². The zero-order valence-corrected chi connectivity index (χ0v) is 9.52. The van der Waals surface area contributed by atoms with Gasteiger partial charge in [-0.25, -0.2) is 5.32 Å². The zero-order chi connectivity index (χ0) is 11.7. The first-order chi connectivity index (χ1) is 8.34. The van der Waals surface area contributed by atoms with E-state index in [0.29, 0.717) is 0 Å². The number of carbonyl (C=O) groups excluding carboxylic acids is 1. The number of benzene rings is 1. The van der Waals surface area contributed by atoms with Crippen molar-refractivity contribution in [3.8, 4) is 0 Å². The van der Waals surface area contributed by atoms with E-state index in [4.69, 9.17) is 0 Å². The standard InChI is InChI=1S/C13H14N3O/c17-13(16-7-5-14-6-8-16)11-2-1-10-3-4-15-12(10)9-11/h1-4,9,15H,5-8H2. The topological polar surface area (TPSA) is 50.2 Å². The molecule has 0 saturated carbocycles. The highest BCUT2D eigenvalue weighted by atomic mass is 16.2. The van der Waals surface area contributed by atoms with Crippen LogP contribution < -0.4 is 5.32 Å². The number of amides is 1. The molecule has 1 aliphatic rings. The van der Waals surface area contributed by atoms with E-state index in [0.717, 1.165) is 42.6 Å². The summed E-state index contributed by atoms with van der Waals surface area (Å²) in [5, 5.41) is 5.38. The highest BCUT2D eigenvalue weighted by Gasteiger charge is 2.18. The Bertz CT molecular complexity index is 540. The number of carbonyl (C=O) groups is 1. The molecule has 1 N–H and O–H groups in total. The largest absolute Gasteiger partial charge is 0.361 e. The van der Waals surface area contributed by atoms with Crippen LogP contribution in [0, 0.1) is 0 Å². The van der Waals surface area contributed by atoms with Gasteiger partial charge in [-0.1, -0.05) is 6.07 Å². The average Bonchev–Trinajstić information content (AvgIpc) is 2.86. The highest BCUT2D eigenvalue weighted by Crippen LogP contribution is 2.15. The fourth-order valence-electron chi connectivity index (χ4n) is 2.17. The molecule has 2 aromatic rings. The first-order valence-electron chi connectivity index (χ1n) is 5.84. The van der Waals surface area contributed by atoms with Gasteiger partial charge in [-0.15, -0.1) is 0 Å². The molecule has 1 fully saturated rings. The summed E-state index contributed by atoms with van der Waals surface area (Å²) in [6.45, 7) is 3.00. The lowest BCUT2D eigenvalue weighted by molar-refractivity contribution is 0.0734. The van der Waals surface area contributed by atoms with Crippen LogP contribution in [-0.4, -0.2) is 42.0 Å². The second kappa shape index (κ2) is 4.22. The van der Waals surface area contributed by atoms with Crippen LogP contribution >= 0.6 is 0 Å². The van der Waals surface area contributed by atoms with E-state index >= 15 is 0 Å². The second-order valence-electron chi connectivity index (χ2n) is 4.24. The van der Waals surface area contributed by atoms with Crippen LogP contribution in [-0.2, 0) is 0 Å². The minimum Gasteiger partial charge on any atom is -0.361 e. The van der Waals surface area contributed by atoms with Crippen LogP contribution in [0.1, 0.15) is 10.4 Å². The van der Waals surface area contributed by atoms with Gasteiger partial charge in [-0.2, -0.15) is 0 Å². The maximum atomic E-state index is 12.2. The molecule has 4 nitrogen and oxygen atoms in total. The Hall–Kier alpha value is -1.81. The Balaban J connectivity index is 1.88. The van der Waals surface area contributed by atoms with Gasteiger partial charge >= 0.3 is 0 Å². The van der Waals surface area contributed by atoms with Crippen molar-refractivity contribution in [1.29, 1.82) is 0 Å². The molecular weight excluding hydrogens is 214 g/mol. The first-order valence-corrected chi connectivity index (χ1v) is 5.84. The summed E-state index contributed by atoms with van der Waals surface area (Å²) in [7, 11) is 0. The Morgan fingerprint density at radius 1 is 1.24 bits per heavy atom. The predicted molar refractivity (Wildman–Crippen MR) is 66.1 cm³/mol. The predicted octanol–water partition coefficient (Wildman–Crippen LogP) is 1.23. The van der Waals surface area contributed by atoms with Gasteiger partial charge < -0.3 is 9.88 Å². The molecular formula is C13H14N3O. The number of aromatic amines is 1. The summed E-state index contributed by atoms with van der Waals surface area (Å²) >= 11 is 0. The molecule has 0 atom stereocenters. The van der Waals surface area contributed by atoms with E-state index < -0.39 is 0 Å². The van der Waals surface area contributed by atoms with Crippen LogP contribution in [0.4, 0.5) is 0 Å². The molecule has 3 rings (SSSR count). The van der Waals surface area contributed by atoms with Crippen molar-refractivity contribution < 1.29 is 4.79 Å². The third-order valence-electron chi connectivity index (χ3n) is 3.15. The molecule has 2 heterocycles.